The van der Waals surface area contributed by atoms with E-state index in [1.807, 2.05) is 25.7 Å². The van der Waals surface area contributed by atoms with E-state index in [0.29, 0.717) is 51.6 Å². The molecule has 0 saturated carbocycles. The Morgan fingerprint density at radius 2 is 1.82 bits per heavy atom. The van der Waals surface area contributed by atoms with Gasteiger partial charge in [-0.1, -0.05) is 0 Å². The lowest BCUT2D eigenvalue weighted by atomic mass is 10.2. The van der Waals surface area contributed by atoms with Crippen molar-refractivity contribution in [1.29, 1.82) is 0 Å². The average Bonchev–Trinajstić information content (AvgIpc) is 2.59. The molecule has 1 N–H and O–H groups in total. The Balaban J connectivity index is 2.49. The monoisotopic (exact) mass is 430 g/mol. The highest BCUT2D eigenvalue weighted by atomic mass is 32.2. The lowest BCUT2D eigenvalue weighted by Crippen LogP contribution is -2.54. The summed E-state index contributed by atoms with van der Waals surface area (Å²) in [6, 6.07) is 0. The fraction of sp³-hybridized carbons (Fsp3) is 0.941. The average molecular weight is 431 g/mol. The third-order valence-corrected chi connectivity index (χ3v) is 6.02. The fourth-order valence-electron chi connectivity index (χ4n) is 2.74. The molecular weight excluding hydrogens is 397 g/mol. The van der Waals surface area contributed by atoms with Gasteiger partial charge in [-0.15, -0.1) is 0 Å². The maximum atomic E-state index is 12.4. The molecule has 0 radical (unpaired) electrons. The van der Waals surface area contributed by atoms with Crippen LogP contribution in [0.2, 0.25) is 0 Å². The van der Waals surface area contributed by atoms with Crippen molar-refractivity contribution < 1.29 is 26.3 Å². The first-order chi connectivity index (χ1) is 13.0. The molecule has 7 nitrogen and oxygen atoms in total. The maximum absolute atomic E-state index is 12.4. The zero-order valence-corrected chi connectivity index (χ0v) is 17.8. The van der Waals surface area contributed by atoms with Crippen LogP contribution in [-0.2, 0) is 14.8 Å². The summed E-state index contributed by atoms with van der Waals surface area (Å²) in [5.74, 6) is 0.577. The van der Waals surface area contributed by atoms with E-state index in [2.05, 4.69) is 10.3 Å². The van der Waals surface area contributed by atoms with Crippen molar-refractivity contribution in [3.8, 4) is 0 Å². The van der Waals surface area contributed by atoms with Gasteiger partial charge in [0.05, 0.1) is 18.5 Å². The number of aliphatic imine (C=N–C) groups is 1. The molecule has 1 heterocycles. The number of nitrogens with one attached hydrogen (secondary N) is 1. The van der Waals surface area contributed by atoms with Gasteiger partial charge in [0.15, 0.2) is 5.96 Å². The first-order valence-corrected chi connectivity index (χ1v) is 11.4. The molecule has 166 valence electrons. The summed E-state index contributed by atoms with van der Waals surface area (Å²) < 4.78 is 68.1. The number of sulfonamides is 1. The Morgan fingerprint density at radius 3 is 2.36 bits per heavy atom. The maximum Gasteiger partial charge on any atom is 0.389 e. The number of piperazine rings is 1. The van der Waals surface area contributed by atoms with Crippen molar-refractivity contribution in [1.82, 2.24) is 14.5 Å². The molecule has 0 aliphatic carbocycles. The van der Waals surface area contributed by atoms with Gasteiger partial charge in [-0.25, -0.2) is 8.42 Å². The Bertz CT molecular complexity index is 575. The second-order valence-corrected chi connectivity index (χ2v) is 9.02. The third kappa shape index (κ3) is 9.92. The molecule has 0 atom stereocenters. The number of unbranched alkanes of at least 4 members (excludes halogenated alkanes) is 1. The molecular formula is C17H33F3N4O3S. The molecule has 0 aromatic rings. The Labute approximate surface area is 166 Å². The SMILES string of the molecule is CCNC(=NCCCCC(F)(F)F)N1CCN(S(=O)(=O)CCOC(C)C)CC1. The lowest BCUT2D eigenvalue weighted by Gasteiger charge is -2.36. The minimum absolute atomic E-state index is 0.0120. The summed E-state index contributed by atoms with van der Waals surface area (Å²) in [5, 5.41) is 3.13. The van der Waals surface area contributed by atoms with Crippen molar-refractivity contribution in [2.24, 2.45) is 4.99 Å². The lowest BCUT2D eigenvalue weighted by molar-refractivity contribution is -0.135. The van der Waals surface area contributed by atoms with Crippen LogP contribution in [0.5, 0.6) is 0 Å². The highest BCUT2D eigenvalue weighted by Gasteiger charge is 2.28. The molecule has 1 aliphatic heterocycles. The molecule has 0 unspecified atom stereocenters. The summed E-state index contributed by atoms with van der Waals surface area (Å²) in [5.41, 5.74) is 0. The highest BCUT2D eigenvalue weighted by molar-refractivity contribution is 7.89. The second-order valence-electron chi connectivity index (χ2n) is 6.93. The number of alkyl halides is 3. The van der Waals surface area contributed by atoms with Gasteiger partial charge < -0.3 is 15.0 Å². The number of halogens is 3. The van der Waals surface area contributed by atoms with E-state index in [1.54, 1.807) is 0 Å². The van der Waals surface area contributed by atoms with Crippen LogP contribution in [0.15, 0.2) is 4.99 Å². The normalized spacial score (nSPS) is 17.4. The number of rotatable bonds is 10. The number of nitrogens with zero attached hydrogens (tertiary/aromatic N) is 3. The van der Waals surface area contributed by atoms with Crippen LogP contribution in [0.4, 0.5) is 13.2 Å². The smallest absolute Gasteiger partial charge is 0.378 e. The molecule has 1 saturated heterocycles. The number of hydrogen-bond acceptors (Lipinski definition) is 4. The summed E-state index contributed by atoms with van der Waals surface area (Å²) in [7, 11) is -3.36. The molecule has 0 aromatic heterocycles. The number of ether oxygens (including phenoxy) is 1. The second kappa shape index (κ2) is 11.8. The topological polar surface area (TPSA) is 74.2 Å². The van der Waals surface area contributed by atoms with E-state index in [-0.39, 0.29) is 24.9 Å². The highest BCUT2D eigenvalue weighted by Crippen LogP contribution is 2.22. The van der Waals surface area contributed by atoms with Crippen LogP contribution >= 0.6 is 0 Å². The van der Waals surface area contributed by atoms with Crippen LogP contribution in [-0.4, -0.2) is 87.5 Å². The van der Waals surface area contributed by atoms with Gasteiger partial charge in [0.2, 0.25) is 10.0 Å². The number of guanidine groups is 1. The minimum atomic E-state index is -4.13. The first-order valence-electron chi connectivity index (χ1n) is 9.74. The Kier molecular flexibility index (Phi) is 10.5. The van der Waals surface area contributed by atoms with Gasteiger partial charge in [-0.2, -0.15) is 17.5 Å². The molecule has 0 aromatic carbocycles. The van der Waals surface area contributed by atoms with E-state index >= 15 is 0 Å². The van der Waals surface area contributed by atoms with Gasteiger partial charge in [-0.05, 0) is 33.6 Å². The first kappa shape index (κ1) is 25.0. The summed E-state index contributed by atoms with van der Waals surface area (Å²) in [6.07, 6.45) is -4.52. The largest absolute Gasteiger partial charge is 0.389 e. The summed E-state index contributed by atoms with van der Waals surface area (Å²) >= 11 is 0. The van der Waals surface area contributed by atoms with Crippen molar-refractivity contribution in [3.05, 3.63) is 0 Å². The van der Waals surface area contributed by atoms with E-state index in [0.717, 1.165) is 0 Å². The fourth-order valence-corrected chi connectivity index (χ4v) is 4.03. The minimum Gasteiger partial charge on any atom is -0.378 e. The van der Waals surface area contributed by atoms with Gasteiger partial charge in [-0.3, -0.25) is 4.99 Å². The van der Waals surface area contributed by atoms with E-state index in [9.17, 15) is 21.6 Å². The van der Waals surface area contributed by atoms with E-state index < -0.39 is 22.6 Å². The van der Waals surface area contributed by atoms with Gasteiger partial charge in [0, 0.05) is 45.7 Å². The van der Waals surface area contributed by atoms with Crippen LogP contribution in [0.3, 0.4) is 0 Å². The molecule has 11 heteroatoms. The molecule has 0 amide bonds. The van der Waals surface area contributed by atoms with Crippen LogP contribution < -0.4 is 5.32 Å². The molecule has 1 fully saturated rings. The molecule has 0 spiro atoms. The van der Waals surface area contributed by atoms with Crippen molar-refractivity contribution in [2.75, 3.05) is 51.6 Å². The summed E-state index contributed by atoms with van der Waals surface area (Å²) in [4.78, 5) is 6.34. The zero-order chi connectivity index (χ0) is 21.2. The van der Waals surface area contributed by atoms with E-state index in [1.165, 1.54) is 4.31 Å². The van der Waals surface area contributed by atoms with Crippen molar-refractivity contribution in [2.45, 2.75) is 52.3 Å². The number of hydrogen-bond donors (Lipinski definition) is 1. The standard InChI is InChI=1S/C17H33F3N4O3S/c1-4-21-16(22-8-6-5-7-17(18,19)20)23-9-11-24(12-10-23)28(25,26)14-13-27-15(2)3/h15H,4-14H2,1-3H3,(H,21,22). The molecule has 1 aliphatic rings. The van der Waals surface area contributed by atoms with Crippen molar-refractivity contribution in [3.63, 3.8) is 0 Å². The molecule has 28 heavy (non-hydrogen) atoms. The Morgan fingerprint density at radius 1 is 1.18 bits per heavy atom. The van der Waals surface area contributed by atoms with Crippen LogP contribution in [0.25, 0.3) is 0 Å². The predicted octanol–water partition coefficient (Wildman–Crippen LogP) is 2.06. The van der Waals surface area contributed by atoms with Crippen LogP contribution in [0.1, 0.15) is 40.0 Å². The Hall–Kier alpha value is -1.07. The van der Waals surface area contributed by atoms with Crippen molar-refractivity contribution >= 4 is 16.0 Å². The summed E-state index contributed by atoms with van der Waals surface area (Å²) in [6.45, 7) is 8.40. The predicted molar refractivity (Wildman–Crippen MR) is 104 cm³/mol. The van der Waals surface area contributed by atoms with Gasteiger partial charge in [0.25, 0.3) is 0 Å². The van der Waals surface area contributed by atoms with E-state index in [4.69, 9.17) is 4.74 Å². The quantitative estimate of drug-likeness (QED) is 0.326. The third-order valence-electron chi connectivity index (χ3n) is 4.19. The molecule has 0 bridgehead atoms. The molecule has 1 rings (SSSR count). The van der Waals surface area contributed by atoms with Gasteiger partial charge in [0.1, 0.15) is 0 Å². The van der Waals surface area contributed by atoms with Crippen LogP contribution in [0, 0.1) is 0 Å². The zero-order valence-electron chi connectivity index (χ0n) is 17.0. The van der Waals surface area contributed by atoms with Gasteiger partial charge >= 0.3 is 6.18 Å².